The van der Waals surface area contributed by atoms with Crippen molar-refractivity contribution in [2.45, 2.75) is 32.2 Å². The van der Waals surface area contributed by atoms with Crippen LogP contribution in [0, 0.1) is 6.92 Å². The Morgan fingerprint density at radius 2 is 1.90 bits per heavy atom. The number of benzene rings is 2. The Morgan fingerprint density at radius 1 is 1.13 bits per heavy atom. The van der Waals surface area contributed by atoms with Crippen LogP contribution in [0.5, 0.6) is 0 Å². The molecule has 6 nitrogen and oxygen atoms in total. The second-order valence-electron chi connectivity index (χ2n) is 7.70. The lowest BCUT2D eigenvalue weighted by Gasteiger charge is -2.25. The Hall–Kier alpha value is -3.41. The number of aromatic nitrogens is 1. The van der Waals surface area contributed by atoms with E-state index in [2.05, 4.69) is 41.7 Å². The molecule has 1 aliphatic rings. The van der Waals surface area contributed by atoms with Crippen LogP contribution in [0.15, 0.2) is 65.2 Å². The normalized spacial score (nSPS) is 15.9. The standard InChI is InChI=1S/C24H25N3O3/c1-17-9-11-18(12-10-17)14-20-8-5-13-27(20)23(28)16-25-24(29)21-15-22(30-26-21)19-6-3-2-4-7-19/h2-4,6-7,9-12,15,20H,5,8,13-14,16H2,1H3,(H,25,29). The second kappa shape index (κ2) is 8.95. The first-order valence-corrected chi connectivity index (χ1v) is 10.3. The monoisotopic (exact) mass is 403 g/mol. The van der Waals surface area contributed by atoms with Crippen LogP contribution in [0.1, 0.15) is 34.5 Å². The Bertz CT molecular complexity index is 1010. The molecule has 4 rings (SSSR count). The van der Waals surface area contributed by atoms with E-state index in [0.29, 0.717) is 5.76 Å². The van der Waals surface area contributed by atoms with Crippen LogP contribution in [-0.4, -0.2) is 41.0 Å². The van der Waals surface area contributed by atoms with Crippen molar-refractivity contribution in [2.75, 3.05) is 13.1 Å². The van der Waals surface area contributed by atoms with Gasteiger partial charge in [-0.2, -0.15) is 0 Å². The minimum atomic E-state index is -0.413. The van der Waals surface area contributed by atoms with Gasteiger partial charge < -0.3 is 14.7 Å². The molecular formula is C24H25N3O3. The minimum Gasteiger partial charge on any atom is -0.355 e. The average molecular weight is 403 g/mol. The summed E-state index contributed by atoms with van der Waals surface area (Å²) in [5.41, 5.74) is 3.46. The van der Waals surface area contributed by atoms with E-state index >= 15 is 0 Å². The fourth-order valence-electron chi connectivity index (χ4n) is 3.84. The maximum Gasteiger partial charge on any atom is 0.273 e. The van der Waals surface area contributed by atoms with Gasteiger partial charge in [-0.1, -0.05) is 65.3 Å². The van der Waals surface area contributed by atoms with Crippen LogP contribution in [0.3, 0.4) is 0 Å². The molecule has 2 heterocycles. The van der Waals surface area contributed by atoms with Crippen LogP contribution in [0.2, 0.25) is 0 Å². The summed E-state index contributed by atoms with van der Waals surface area (Å²) >= 11 is 0. The number of amides is 2. The van der Waals surface area contributed by atoms with Crippen LogP contribution in [-0.2, 0) is 11.2 Å². The number of aryl methyl sites for hydroxylation is 1. The molecule has 1 atom stereocenters. The van der Waals surface area contributed by atoms with E-state index < -0.39 is 5.91 Å². The lowest BCUT2D eigenvalue weighted by Crippen LogP contribution is -2.43. The third-order valence-corrected chi connectivity index (χ3v) is 5.49. The summed E-state index contributed by atoms with van der Waals surface area (Å²) in [6, 6.07) is 19.6. The number of rotatable bonds is 6. The largest absolute Gasteiger partial charge is 0.355 e. The van der Waals surface area contributed by atoms with Crippen molar-refractivity contribution in [3.05, 3.63) is 77.5 Å². The molecule has 1 saturated heterocycles. The molecule has 154 valence electrons. The van der Waals surface area contributed by atoms with Crippen molar-refractivity contribution in [3.8, 4) is 11.3 Å². The summed E-state index contributed by atoms with van der Waals surface area (Å²) < 4.78 is 5.26. The van der Waals surface area contributed by atoms with Crippen molar-refractivity contribution in [1.82, 2.24) is 15.4 Å². The first kappa shape index (κ1) is 19.9. The van der Waals surface area contributed by atoms with Gasteiger partial charge in [0.25, 0.3) is 5.91 Å². The number of carbonyl (C=O) groups excluding carboxylic acids is 2. The lowest BCUT2D eigenvalue weighted by molar-refractivity contribution is -0.130. The van der Waals surface area contributed by atoms with Gasteiger partial charge >= 0.3 is 0 Å². The van der Waals surface area contributed by atoms with Gasteiger partial charge in [-0.05, 0) is 31.7 Å². The zero-order valence-corrected chi connectivity index (χ0v) is 17.0. The molecule has 0 saturated carbocycles. The van der Waals surface area contributed by atoms with E-state index in [1.165, 1.54) is 11.1 Å². The first-order chi connectivity index (χ1) is 14.6. The van der Waals surface area contributed by atoms with E-state index in [0.717, 1.165) is 31.4 Å². The number of carbonyl (C=O) groups is 2. The van der Waals surface area contributed by atoms with E-state index in [1.54, 1.807) is 6.07 Å². The highest BCUT2D eigenvalue weighted by atomic mass is 16.5. The molecule has 1 N–H and O–H groups in total. The quantitative estimate of drug-likeness (QED) is 0.682. The fourth-order valence-corrected chi connectivity index (χ4v) is 3.84. The first-order valence-electron chi connectivity index (χ1n) is 10.3. The van der Waals surface area contributed by atoms with Crippen molar-refractivity contribution in [3.63, 3.8) is 0 Å². The van der Waals surface area contributed by atoms with Crippen LogP contribution in [0.25, 0.3) is 11.3 Å². The van der Waals surface area contributed by atoms with E-state index in [4.69, 9.17) is 4.52 Å². The lowest BCUT2D eigenvalue weighted by atomic mass is 10.0. The third kappa shape index (κ3) is 4.59. The van der Waals surface area contributed by atoms with Crippen molar-refractivity contribution in [2.24, 2.45) is 0 Å². The molecule has 0 bridgehead atoms. The number of hydrogen-bond acceptors (Lipinski definition) is 4. The van der Waals surface area contributed by atoms with Gasteiger partial charge in [-0.25, -0.2) is 0 Å². The maximum atomic E-state index is 12.7. The predicted octanol–water partition coefficient (Wildman–Crippen LogP) is 3.61. The molecular weight excluding hydrogens is 378 g/mol. The fraction of sp³-hybridized carbons (Fsp3) is 0.292. The number of likely N-dealkylation sites (tertiary alicyclic amines) is 1. The van der Waals surface area contributed by atoms with Gasteiger partial charge in [0.1, 0.15) is 0 Å². The number of nitrogens with one attached hydrogen (secondary N) is 1. The molecule has 2 aromatic carbocycles. The summed E-state index contributed by atoms with van der Waals surface area (Å²) in [5, 5.41) is 6.51. The van der Waals surface area contributed by atoms with Gasteiger partial charge in [-0.15, -0.1) is 0 Å². The summed E-state index contributed by atoms with van der Waals surface area (Å²) in [6.45, 7) is 2.75. The molecule has 0 spiro atoms. The van der Waals surface area contributed by atoms with Gasteiger partial charge in [0, 0.05) is 24.2 Å². The SMILES string of the molecule is Cc1ccc(CC2CCCN2C(=O)CNC(=O)c2cc(-c3ccccc3)on2)cc1. The average Bonchev–Trinajstić information content (AvgIpc) is 3.44. The Morgan fingerprint density at radius 3 is 2.67 bits per heavy atom. The molecule has 1 aromatic heterocycles. The molecule has 0 radical (unpaired) electrons. The highest BCUT2D eigenvalue weighted by Crippen LogP contribution is 2.22. The summed E-state index contributed by atoms with van der Waals surface area (Å²) in [6.07, 6.45) is 2.81. The molecule has 0 aliphatic carbocycles. The van der Waals surface area contributed by atoms with Crippen molar-refractivity contribution >= 4 is 11.8 Å². The van der Waals surface area contributed by atoms with Gasteiger partial charge in [-0.3, -0.25) is 9.59 Å². The Balaban J connectivity index is 1.33. The smallest absolute Gasteiger partial charge is 0.273 e. The maximum absolute atomic E-state index is 12.7. The highest BCUT2D eigenvalue weighted by Gasteiger charge is 2.29. The molecule has 3 aromatic rings. The van der Waals surface area contributed by atoms with E-state index in [9.17, 15) is 9.59 Å². The predicted molar refractivity (Wildman–Crippen MR) is 114 cm³/mol. The molecule has 2 amide bonds. The summed E-state index contributed by atoms with van der Waals surface area (Å²) in [7, 11) is 0. The van der Waals surface area contributed by atoms with E-state index in [1.807, 2.05) is 35.2 Å². The van der Waals surface area contributed by atoms with Crippen LogP contribution < -0.4 is 5.32 Å². The summed E-state index contributed by atoms with van der Waals surface area (Å²) in [5.74, 6) is 0.0399. The highest BCUT2D eigenvalue weighted by molar-refractivity contribution is 5.95. The molecule has 6 heteroatoms. The van der Waals surface area contributed by atoms with Crippen molar-refractivity contribution < 1.29 is 14.1 Å². The van der Waals surface area contributed by atoms with E-state index in [-0.39, 0.29) is 24.2 Å². The topological polar surface area (TPSA) is 75.4 Å². The summed E-state index contributed by atoms with van der Waals surface area (Å²) in [4.78, 5) is 27.0. The Labute approximate surface area is 175 Å². The zero-order valence-electron chi connectivity index (χ0n) is 17.0. The third-order valence-electron chi connectivity index (χ3n) is 5.49. The van der Waals surface area contributed by atoms with Gasteiger partial charge in [0.05, 0.1) is 6.54 Å². The van der Waals surface area contributed by atoms with Gasteiger partial charge in [0.2, 0.25) is 5.91 Å². The number of hydrogen-bond donors (Lipinski definition) is 1. The zero-order chi connectivity index (χ0) is 20.9. The minimum absolute atomic E-state index is 0.0449. The van der Waals surface area contributed by atoms with Crippen molar-refractivity contribution in [1.29, 1.82) is 0 Å². The van der Waals surface area contributed by atoms with Crippen LogP contribution in [0.4, 0.5) is 0 Å². The molecule has 1 fully saturated rings. The molecule has 30 heavy (non-hydrogen) atoms. The van der Waals surface area contributed by atoms with Crippen LogP contribution >= 0.6 is 0 Å². The second-order valence-corrected chi connectivity index (χ2v) is 7.70. The number of nitrogens with zero attached hydrogens (tertiary/aromatic N) is 2. The Kier molecular flexibility index (Phi) is 5.93. The molecule has 1 unspecified atom stereocenters. The van der Waals surface area contributed by atoms with Gasteiger partial charge in [0.15, 0.2) is 11.5 Å². The molecule has 1 aliphatic heterocycles.